The predicted octanol–water partition coefficient (Wildman–Crippen LogP) is 5.84. The smallest absolute Gasteiger partial charge is 0.260 e. The van der Waals surface area contributed by atoms with Gasteiger partial charge in [0.1, 0.15) is 10.8 Å². The number of ketones is 1. The summed E-state index contributed by atoms with van der Waals surface area (Å²) in [5.41, 5.74) is 6.89. The molecule has 1 aliphatic rings. The highest BCUT2D eigenvalue weighted by Crippen LogP contribution is 2.25. The normalized spacial score (nSPS) is 15.6. The van der Waals surface area contributed by atoms with Crippen LogP contribution < -0.4 is 16.6 Å². The van der Waals surface area contributed by atoms with E-state index < -0.39 is 5.83 Å². The van der Waals surface area contributed by atoms with E-state index in [0.717, 1.165) is 10.6 Å². The van der Waals surface area contributed by atoms with Gasteiger partial charge in [0.25, 0.3) is 5.56 Å². The van der Waals surface area contributed by atoms with E-state index in [2.05, 4.69) is 22.8 Å². The summed E-state index contributed by atoms with van der Waals surface area (Å²) in [6.07, 6.45) is 14.2. The largest absolute Gasteiger partial charge is 0.373 e. The second-order valence-electron chi connectivity index (χ2n) is 6.99. The molecular formula is C25H36FN3O2S. The summed E-state index contributed by atoms with van der Waals surface area (Å²) in [7, 11) is 0. The van der Waals surface area contributed by atoms with Gasteiger partial charge in [-0.1, -0.05) is 37.3 Å². The van der Waals surface area contributed by atoms with Crippen LogP contribution in [-0.2, 0) is 4.79 Å². The third-order valence-electron chi connectivity index (χ3n) is 4.14. The molecular weight excluding hydrogens is 425 g/mol. The number of aromatic nitrogens is 1. The lowest BCUT2D eigenvalue weighted by atomic mass is 10.1. The molecule has 5 nitrogen and oxygen atoms in total. The first kappa shape index (κ1) is 29.2. The molecule has 0 saturated heterocycles. The molecule has 1 heterocycles. The van der Waals surface area contributed by atoms with Gasteiger partial charge in [0, 0.05) is 24.2 Å². The number of nitrogens with one attached hydrogen (secondary N) is 2. The second-order valence-corrected chi connectivity index (χ2v) is 7.84. The van der Waals surface area contributed by atoms with Gasteiger partial charge in [0.2, 0.25) is 0 Å². The van der Waals surface area contributed by atoms with E-state index in [4.69, 9.17) is 5.73 Å². The van der Waals surface area contributed by atoms with Crippen LogP contribution in [0.3, 0.4) is 0 Å². The SMILES string of the molecule is C=C.C\C=C/C(=C\C(F)=C\C(C)/C=C\C(=C/C)CN)C(C)=O.O=c1cc(NC2CC2)s[nH]1. The molecule has 0 aromatic carbocycles. The number of nitrogens with two attached hydrogens (primary N) is 1. The predicted molar refractivity (Wildman–Crippen MR) is 137 cm³/mol. The molecule has 7 heteroatoms. The maximum atomic E-state index is 13.8. The molecule has 32 heavy (non-hydrogen) atoms. The Kier molecular flexibility index (Phi) is 15.4. The molecule has 2 rings (SSSR count). The number of aromatic amines is 1. The number of carbonyl (C=O) groups excluding carboxylic acids is 1. The van der Waals surface area contributed by atoms with E-state index >= 15 is 0 Å². The van der Waals surface area contributed by atoms with Crippen LogP contribution in [0.5, 0.6) is 0 Å². The molecule has 0 amide bonds. The van der Waals surface area contributed by atoms with Crippen molar-refractivity contribution in [1.82, 2.24) is 4.37 Å². The number of halogens is 1. The zero-order chi connectivity index (χ0) is 24.5. The number of H-pyrrole nitrogens is 1. The lowest BCUT2D eigenvalue weighted by Crippen LogP contribution is -2.00. The van der Waals surface area contributed by atoms with Crippen LogP contribution in [-0.4, -0.2) is 22.7 Å². The van der Waals surface area contributed by atoms with Crippen LogP contribution in [0.1, 0.15) is 40.5 Å². The minimum absolute atomic E-state index is 0.00634. The van der Waals surface area contributed by atoms with Crippen molar-refractivity contribution in [2.24, 2.45) is 11.7 Å². The Hall–Kier alpha value is -2.77. The van der Waals surface area contributed by atoms with E-state index in [1.165, 1.54) is 43.4 Å². The number of allylic oxidation sites excluding steroid dienone is 8. The standard InChI is InChI=1S/C17H24FNO.C6H8N2OS.C2H4/c1-5-7-16(14(4)20)11-17(18)10-13(3)8-9-15(6-2)12-19;9-5-3-6(10-8-5)7-4-1-2-4;1-2/h5-11,13H,12,19H2,1-4H3;3-4,7H,1-2H2,(H,8,9);1-2H2/b7-5-,9-8-,15-6+,16-11+,17-10-;;. The van der Waals surface area contributed by atoms with E-state index in [-0.39, 0.29) is 17.3 Å². The van der Waals surface area contributed by atoms with Gasteiger partial charge in [-0.15, -0.1) is 13.2 Å². The lowest BCUT2D eigenvalue weighted by Gasteiger charge is -2.01. The van der Waals surface area contributed by atoms with Crippen LogP contribution in [0, 0.1) is 5.92 Å². The number of hydrogen-bond acceptors (Lipinski definition) is 5. The summed E-state index contributed by atoms with van der Waals surface area (Å²) >= 11 is 1.37. The van der Waals surface area contributed by atoms with Gasteiger partial charge in [0.05, 0.1) is 0 Å². The fourth-order valence-corrected chi connectivity index (χ4v) is 2.95. The van der Waals surface area contributed by atoms with Crippen LogP contribution in [0.15, 0.2) is 83.5 Å². The molecule has 1 fully saturated rings. The Morgan fingerprint density at radius 1 is 1.38 bits per heavy atom. The molecule has 0 radical (unpaired) electrons. The van der Waals surface area contributed by atoms with E-state index in [0.29, 0.717) is 18.2 Å². The first-order valence-electron chi connectivity index (χ1n) is 10.5. The van der Waals surface area contributed by atoms with Gasteiger partial charge in [-0.25, -0.2) is 4.39 Å². The molecule has 1 aromatic rings. The van der Waals surface area contributed by atoms with Crippen molar-refractivity contribution >= 4 is 22.3 Å². The summed E-state index contributed by atoms with van der Waals surface area (Å²) in [4.78, 5) is 21.9. The van der Waals surface area contributed by atoms with Crippen LogP contribution in [0.4, 0.5) is 9.39 Å². The van der Waals surface area contributed by atoms with Crippen LogP contribution in [0.25, 0.3) is 0 Å². The summed E-state index contributed by atoms with van der Waals surface area (Å²) in [6.45, 7) is 13.4. The van der Waals surface area contributed by atoms with E-state index in [1.807, 2.05) is 32.1 Å². The van der Waals surface area contributed by atoms with Gasteiger partial charge in [-0.2, -0.15) is 0 Å². The summed E-state index contributed by atoms with van der Waals surface area (Å²) in [5.74, 6) is -0.652. The highest BCUT2D eigenvalue weighted by molar-refractivity contribution is 7.10. The molecule has 1 unspecified atom stereocenters. The third kappa shape index (κ3) is 13.5. The van der Waals surface area contributed by atoms with Crippen molar-refractivity contribution in [2.75, 3.05) is 11.9 Å². The van der Waals surface area contributed by atoms with Gasteiger partial charge in [0.15, 0.2) is 5.78 Å². The van der Waals surface area contributed by atoms with Crippen molar-refractivity contribution in [1.29, 1.82) is 0 Å². The van der Waals surface area contributed by atoms with Gasteiger partial charge >= 0.3 is 0 Å². The first-order chi connectivity index (χ1) is 15.3. The highest BCUT2D eigenvalue weighted by atomic mass is 32.1. The minimum Gasteiger partial charge on any atom is -0.373 e. The average Bonchev–Trinajstić information content (AvgIpc) is 3.49. The fraction of sp³-hybridized carbons (Fsp3) is 0.360. The number of rotatable bonds is 9. The first-order valence-corrected chi connectivity index (χ1v) is 11.3. The maximum Gasteiger partial charge on any atom is 0.260 e. The summed E-state index contributed by atoms with van der Waals surface area (Å²) in [6, 6.07) is 2.23. The molecule has 1 atom stereocenters. The highest BCUT2D eigenvalue weighted by Gasteiger charge is 2.21. The molecule has 1 aromatic heterocycles. The van der Waals surface area contributed by atoms with E-state index in [1.54, 1.807) is 25.1 Å². The lowest BCUT2D eigenvalue weighted by molar-refractivity contribution is -0.113. The minimum atomic E-state index is -0.416. The Balaban J connectivity index is 0.000000656. The zero-order valence-electron chi connectivity index (χ0n) is 19.5. The van der Waals surface area contributed by atoms with Gasteiger partial charge < -0.3 is 11.1 Å². The monoisotopic (exact) mass is 461 g/mol. The molecule has 4 N–H and O–H groups in total. The molecule has 0 aliphatic heterocycles. The number of Topliss-reactive ketones (excluding diaryl/α,β-unsaturated/α-hetero) is 1. The summed E-state index contributed by atoms with van der Waals surface area (Å²) in [5, 5.41) is 4.19. The Morgan fingerprint density at radius 2 is 2.03 bits per heavy atom. The Bertz CT molecular complexity index is 902. The molecule has 0 spiro atoms. The van der Waals surface area contributed by atoms with Gasteiger partial charge in [-0.3, -0.25) is 14.0 Å². The van der Waals surface area contributed by atoms with Crippen molar-refractivity contribution < 1.29 is 9.18 Å². The molecule has 1 saturated carbocycles. The van der Waals surface area contributed by atoms with Crippen molar-refractivity contribution in [2.45, 2.75) is 46.6 Å². The molecule has 176 valence electrons. The third-order valence-corrected chi connectivity index (χ3v) is 4.89. The second kappa shape index (κ2) is 16.9. The topological polar surface area (TPSA) is 88.0 Å². The number of hydrogen-bond donors (Lipinski definition) is 3. The number of carbonyl (C=O) groups is 1. The fourth-order valence-electron chi connectivity index (χ4n) is 2.29. The quantitative estimate of drug-likeness (QED) is 0.245. The van der Waals surface area contributed by atoms with E-state index in [9.17, 15) is 14.0 Å². The zero-order valence-corrected chi connectivity index (χ0v) is 20.3. The maximum absolute atomic E-state index is 13.8. The average molecular weight is 462 g/mol. The molecule has 1 aliphatic carbocycles. The Labute approximate surface area is 195 Å². The van der Waals surface area contributed by atoms with Crippen molar-refractivity contribution in [3.63, 3.8) is 0 Å². The summed E-state index contributed by atoms with van der Waals surface area (Å²) < 4.78 is 16.4. The molecule has 0 bridgehead atoms. The Morgan fingerprint density at radius 3 is 2.47 bits per heavy atom. The number of anilines is 1. The van der Waals surface area contributed by atoms with Crippen LogP contribution in [0.2, 0.25) is 0 Å². The van der Waals surface area contributed by atoms with Crippen molar-refractivity contribution in [3.05, 3.63) is 89.1 Å². The van der Waals surface area contributed by atoms with Gasteiger partial charge in [-0.05, 0) is 68.8 Å². The van der Waals surface area contributed by atoms with Crippen LogP contribution >= 0.6 is 11.5 Å². The van der Waals surface area contributed by atoms with Crippen molar-refractivity contribution in [3.8, 4) is 0 Å².